The summed E-state index contributed by atoms with van der Waals surface area (Å²) in [5.74, 6) is -0.00505. The molecule has 0 unspecified atom stereocenters. The minimum Gasteiger partial charge on any atom is -0.298 e. The molecule has 0 aliphatic carbocycles. The lowest BCUT2D eigenvalue weighted by Gasteiger charge is -2.06. The number of carbonyl (C=O) groups is 1. The van der Waals surface area contributed by atoms with Crippen molar-refractivity contribution in [1.29, 1.82) is 0 Å². The maximum atomic E-state index is 12.3. The lowest BCUT2D eigenvalue weighted by molar-refractivity contribution is 0.112. The van der Waals surface area contributed by atoms with Crippen LogP contribution in [0.2, 0.25) is 0 Å². The van der Waals surface area contributed by atoms with E-state index in [9.17, 15) is 13.6 Å². The molecule has 1 heterocycles. The SMILES string of the molecule is O=Cc1c(CCl)cc(C(F)F)nc1Br. The zero-order valence-corrected chi connectivity index (χ0v) is 9.15. The van der Waals surface area contributed by atoms with Crippen LogP contribution < -0.4 is 0 Å². The predicted octanol–water partition coefficient (Wildman–Crippen LogP) is 3.33. The zero-order chi connectivity index (χ0) is 10.7. The third-order valence-corrected chi connectivity index (χ3v) is 2.50. The molecule has 1 aromatic heterocycles. The summed E-state index contributed by atoms with van der Waals surface area (Å²) in [7, 11) is 0. The van der Waals surface area contributed by atoms with E-state index in [4.69, 9.17) is 11.6 Å². The van der Waals surface area contributed by atoms with Crippen LogP contribution in [0.25, 0.3) is 0 Å². The molecular formula is C8H5BrClF2NO. The van der Waals surface area contributed by atoms with Crippen LogP contribution in [0.1, 0.15) is 28.0 Å². The highest BCUT2D eigenvalue weighted by Gasteiger charge is 2.15. The van der Waals surface area contributed by atoms with E-state index in [0.29, 0.717) is 11.8 Å². The molecule has 2 nitrogen and oxygen atoms in total. The molecule has 6 heteroatoms. The fraction of sp³-hybridized carbons (Fsp3) is 0.250. The summed E-state index contributed by atoms with van der Waals surface area (Å²) in [5, 5.41) is 0. The number of aromatic nitrogens is 1. The van der Waals surface area contributed by atoms with Gasteiger partial charge in [0.2, 0.25) is 0 Å². The van der Waals surface area contributed by atoms with Gasteiger partial charge < -0.3 is 0 Å². The standard InChI is InChI=1S/C8H5BrClF2NO/c9-7-5(3-14)4(2-10)1-6(13-7)8(11)12/h1,3,8H,2H2. The Hall–Kier alpha value is -0.550. The molecule has 14 heavy (non-hydrogen) atoms. The lowest BCUT2D eigenvalue weighted by atomic mass is 10.1. The molecule has 0 N–H and O–H groups in total. The van der Waals surface area contributed by atoms with Crippen LogP contribution >= 0.6 is 27.5 Å². The highest BCUT2D eigenvalue weighted by Crippen LogP contribution is 2.25. The first-order valence-corrected chi connectivity index (χ1v) is 4.91. The molecule has 1 rings (SSSR count). The van der Waals surface area contributed by atoms with E-state index in [0.717, 1.165) is 6.07 Å². The van der Waals surface area contributed by atoms with Crippen LogP contribution in [0.15, 0.2) is 10.7 Å². The van der Waals surface area contributed by atoms with Crippen molar-refractivity contribution in [1.82, 2.24) is 4.98 Å². The number of pyridine rings is 1. The molecule has 0 aliphatic rings. The number of carbonyl (C=O) groups excluding carboxylic acids is 1. The van der Waals surface area contributed by atoms with Crippen LogP contribution in [-0.4, -0.2) is 11.3 Å². The van der Waals surface area contributed by atoms with Crippen molar-refractivity contribution >= 4 is 33.8 Å². The van der Waals surface area contributed by atoms with Gasteiger partial charge >= 0.3 is 0 Å². The van der Waals surface area contributed by atoms with Crippen molar-refractivity contribution in [2.75, 3.05) is 0 Å². The largest absolute Gasteiger partial charge is 0.298 e. The predicted molar refractivity (Wildman–Crippen MR) is 51.8 cm³/mol. The Morgan fingerprint density at radius 3 is 2.71 bits per heavy atom. The molecule has 0 aromatic carbocycles. The first kappa shape index (κ1) is 11.5. The van der Waals surface area contributed by atoms with Crippen molar-refractivity contribution in [3.8, 4) is 0 Å². The van der Waals surface area contributed by atoms with Crippen molar-refractivity contribution in [2.45, 2.75) is 12.3 Å². The number of aldehydes is 1. The molecular weight excluding hydrogens is 279 g/mol. The molecule has 0 aliphatic heterocycles. The average Bonchev–Trinajstić information content (AvgIpc) is 2.16. The van der Waals surface area contributed by atoms with Gasteiger partial charge in [-0.25, -0.2) is 13.8 Å². The summed E-state index contributed by atoms with van der Waals surface area (Å²) in [6.07, 6.45) is -2.14. The van der Waals surface area contributed by atoms with Crippen molar-refractivity contribution in [2.24, 2.45) is 0 Å². The maximum absolute atomic E-state index is 12.3. The first-order valence-electron chi connectivity index (χ1n) is 3.58. The number of hydrogen-bond donors (Lipinski definition) is 0. The highest BCUT2D eigenvalue weighted by molar-refractivity contribution is 9.10. The van der Waals surface area contributed by atoms with Gasteiger partial charge in [-0.05, 0) is 27.6 Å². The van der Waals surface area contributed by atoms with Gasteiger partial charge in [-0.15, -0.1) is 11.6 Å². The summed E-state index contributed by atoms with van der Waals surface area (Å²) >= 11 is 8.44. The first-order chi connectivity index (χ1) is 6.60. The van der Waals surface area contributed by atoms with Gasteiger partial charge in [-0.1, -0.05) is 0 Å². The highest BCUT2D eigenvalue weighted by atomic mass is 79.9. The number of hydrogen-bond acceptors (Lipinski definition) is 2. The van der Waals surface area contributed by atoms with Gasteiger partial charge in [0.25, 0.3) is 6.43 Å². The number of rotatable bonds is 3. The van der Waals surface area contributed by atoms with Crippen molar-refractivity contribution in [3.05, 3.63) is 27.5 Å². The molecule has 0 atom stereocenters. The Labute approximate surface area is 92.4 Å². The van der Waals surface area contributed by atoms with E-state index >= 15 is 0 Å². The summed E-state index contributed by atoms with van der Waals surface area (Å²) in [6, 6.07) is 1.13. The smallest absolute Gasteiger partial charge is 0.280 e. The molecule has 0 bridgehead atoms. The Morgan fingerprint density at radius 1 is 1.64 bits per heavy atom. The summed E-state index contributed by atoms with van der Waals surface area (Å²) in [5.41, 5.74) is 0.168. The van der Waals surface area contributed by atoms with Gasteiger partial charge in [0.1, 0.15) is 10.3 Å². The molecule has 76 valence electrons. The Balaban J connectivity index is 3.31. The van der Waals surface area contributed by atoms with Gasteiger partial charge in [0.15, 0.2) is 6.29 Å². The fourth-order valence-electron chi connectivity index (χ4n) is 0.941. The second-order valence-electron chi connectivity index (χ2n) is 2.46. The molecule has 0 radical (unpaired) electrons. The van der Waals surface area contributed by atoms with E-state index in [1.54, 1.807) is 0 Å². The number of alkyl halides is 3. The molecule has 1 aromatic rings. The summed E-state index contributed by atoms with van der Waals surface area (Å²) < 4.78 is 24.7. The summed E-state index contributed by atoms with van der Waals surface area (Å²) in [6.45, 7) is 0. The Bertz CT molecular complexity index is 359. The minimum absolute atomic E-state index is 0.00505. The monoisotopic (exact) mass is 283 g/mol. The van der Waals surface area contributed by atoms with Crippen LogP contribution in [0.4, 0.5) is 8.78 Å². The van der Waals surface area contributed by atoms with Crippen molar-refractivity contribution < 1.29 is 13.6 Å². The van der Waals surface area contributed by atoms with Gasteiger partial charge in [-0.2, -0.15) is 0 Å². The lowest BCUT2D eigenvalue weighted by Crippen LogP contribution is -1.99. The van der Waals surface area contributed by atoms with Crippen molar-refractivity contribution in [3.63, 3.8) is 0 Å². The normalized spacial score (nSPS) is 10.6. The molecule has 0 saturated heterocycles. The average molecular weight is 284 g/mol. The van der Waals surface area contributed by atoms with E-state index in [-0.39, 0.29) is 16.0 Å². The van der Waals surface area contributed by atoms with E-state index in [1.165, 1.54) is 0 Å². The van der Waals surface area contributed by atoms with Crippen LogP contribution in [-0.2, 0) is 5.88 Å². The van der Waals surface area contributed by atoms with Crippen LogP contribution in [0.5, 0.6) is 0 Å². The van der Waals surface area contributed by atoms with Crippen LogP contribution in [0.3, 0.4) is 0 Å². The van der Waals surface area contributed by atoms with E-state index in [2.05, 4.69) is 20.9 Å². The summed E-state index contributed by atoms with van der Waals surface area (Å²) in [4.78, 5) is 14.1. The Kier molecular flexibility index (Phi) is 3.95. The van der Waals surface area contributed by atoms with E-state index in [1.807, 2.05) is 0 Å². The number of nitrogens with zero attached hydrogens (tertiary/aromatic N) is 1. The topological polar surface area (TPSA) is 30.0 Å². The molecule has 0 fully saturated rings. The van der Waals surface area contributed by atoms with Gasteiger partial charge in [-0.3, -0.25) is 4.79 Å². The zero-order valence-electron chi connectivity index (χ0n) is 6.81. The molecule has 0 spiro atoms. The third kappa shape index (κ3) is 2.27. The maximum Gasteiger partial charge on any atom is 0.280 e. The number of halogens is 4. The van der Waals surface area contributed by atoms with Crippen LogP contribution in [0, 0.1) is 0 Å². The van der Waals surface area contributed by atoms with Gasteiger partial charge in [0, 0.05) is 5.88 Å². The third-order valence-electron chi connectivity index (χ3n) is 1.60. The Morgan fingerprint density at radius 2 is 2.29 bits per heavy atom. The molecule has 0 saturated carbocycles. The quantitative estimate of drug-likeness (QED) is 0.484. The fourth-order valence-corrected chi connectivity index (χ4v) is 1.72. The second-order valence-corrected chi connectivity index (χ2v) is 3.48. The van der Waals surface area contributed by atoms with Gasteiger partial charge in [0.05, 0.1) is 5.56 Å². The van der Waals surface area contributed by atoms with E-state index < -0.39 is 12.1 Å². The minimum atomic E-state index is -2.67. The second kappa shape index (κ2) is 4.79. The molecule has 0 amide bonds.